The van der Waals surface area contributed by atoms with Crippen LogP contribution in [0.25, 0.3) is 10.1 Å². The Labute approximate surface area is 92.3 Å². The molecule has 0 fully saturated rings. The fourth-order valence-corrected chi connectivity index (χ4v) is 2.70. The summed E-state index contributed by atoms with van der Waals surface area (Å²) in [7, 11) is 0. The van der Waals surface area contributed by atoms with E-state index in [0.717, 1.165) is 15.5 Å². The monoisotopic (exact) mass is 226 g/mol. The molecule has 0 amide bonds. The van der Waals surface area contributed by atoms with E-state index in [1.54, 1.807) is 11.3 Å². The highest BCUT2D eigenvalue weighted by Crippen LogP contribution is 2.35. The predicted octanol–water partition coefficient (Wildman–Crippen LogP) is 4.26. The van der Waals surface area contributed by atoms with Crippen LogP contribution < -0.4 is 4.74 Å². The molecule has 14 heavy (non-hydrogen) atoms. The Morgan fingerprint density at radius 1 is 1.36 bits per heavy atom. The minimum atomic E-state index is 0.672. The summed E-state index contributed by atoms with van der Waals surface area (Å²) in [6.45, 7) is 4.73. The second-order valence-corrected chi connectivity index (χ2v) is 4.78. The molecule has 0 bridgehead atoms. The lowest BCUT2D eigenvalue weighted by atomic mass is 10.2. The van der Waals surface area contributed by atoms with Gasteiger partial charge in [0.05, 0.1) is 16.3 Å². The minimum Gasteiger partial charge on any atom is -0.494 e. The summed E-state index contributed by atoms with van der Waals surface area (Å²) >= 11 is 7.86. The minimum absolute atomic E-state index is 0.672. The number of thiophene rings is 1. The lowest BCUT2D eigenvalue weighted by molar-refractivity contribution is 0.341. The van der Waals surface area contributed by atoms with Crippen molar-refractivity contribution in [2.45, 2.75) is 13.8 Å². The normalized spacial score (nSPS) is 10.8. The number of aryl methyl sites for hydroxylation is 1. The van der Waals surface area contributed by atoms with Gasteiger partial charge in [0.25, 0.3) is 0 Å². The average Bonchev–Trinajstić information content (AvgIpc) is 2.47. The van der Waals surface area contributed by atoms with Crippen LogP contribution >= 0.6 is 22.9 Å². The van der Waals surface area contributed by atoms with E-state index >= 15 is 0 Å². The second kappa shape index (κ2) is 3.79. The van der Waals surface area contributed by atoms with Gasteiger partial charge >= 0.3 is 0 Å². The molecule has 1 aromatic heterocycles. The Morgan fingerprint density at radius 2 is 2.14 bits per heavy atom. The molecule has 0 unspecified atom stereocenters. The quantitative estimate of drug-likeness (QED) is 0.744. The first-order valence-corrected chi connectivity index (χ1v) is 5.72. The largest absolute Gasteiger partial charge is 0.494 e. The second-order valence-electron chi connectivity index (χ2n) is 3.11. The highest BCUT2D eigenvalue weighted by atomic mass is 35.5. The van der Waals surface area contributed by atoms with Crippen molar-refractivity contribution in [2.24, 2.45) is 0 Å². The van der Waals surface area contributed by atoms with Gasteiger partial charge in [0, 0.05) is 10.9 Å². The van der Waals surface area contributed by atoms with E-state index in [4.69, 9.17) is 16.3 Å². The predicted molar refractivity (Wildman–Crippen MR) is 62.7 cm³/mol. The highest BCUT2D eigenvalue weighted by molar-refractivity contribution is 7.19. The molecule has 1 heterocycles. The zero-order valence-corrected chi connectivity index (χ0v) is 9.71. The third-order valence-electron chi connectivity index (χ3n) is 1.98. The smallest absolute Gasteiger partial charge is 0.121 e. The molecule has 0 atom stereocenters. The van der Waals surface area contributed by atoms with Gasteiger partial charge in [-0.05, 0) is 31.4 Å². The molecule has 0 aliphatic rings. The number of ether oxygens (including phenoxy) is 1. The topological polar surface area (TPSA) is 9.23 Å². The summed E-state index contributed by atoms with van der Waals surface area (Å²) < 4.78 is 6.57. The Morgan fingerprint density at radius 3 is 2.86 bits per heavy atom. The summed E-state index contributed by atoms with van der Waals surface area (Å²) in [6.07, 6.45) is 0. The Balaban J connectivity index is 2.59. The van der Waals surface area contributed by atoms with E-state index in [1.165, 1.54) is 10.3 Å². The number of fused-ring (bicyclic) bond motifs is 1. The first-order chi connectivity index (χ1) is 6.70. The first-order valence-electron chi connectivity index (χ1n) is 4.53. The van der Waals surface area contributed by atoms with Crippen molar-refractivity contribution >= 4 is 33.0 Å². The summed E-state index contributed by atoms with van der Waals surface area (Å²) in [5.74, 6) is 0.850. The summed E-state index contributed by atoms with van der Waals surface area (Å²) in [5.41, 5.74) is 0. The fraction of sp³-hybridized carbons (Fsp3) is 0.273. The van der Waals surface area contributed by atoms with Crippen LogP contribution in [0.3, 0.4) is 0 Å². The molecule has 2 rings (SSSR count). The first kappa shape index (κ1) is 9.81. The molecular weight excluding hydrogens is 216 g/mol. The molecule has 74 valence electrons. The maximum atomic E-state index is 6.14. The van der Waals surface area contributed by atoms with Crippen LogP contribution in [-0.2, 0) is 0 Å². The molecule has 0 radical (unpaired) electrons. The van der Waals surface area contributed by atoms with Crippen molar-refractivity contribution in [3.8, 4) is 5.75 Å². The van der Waals surface area contributed by atoms with Crippen LogP contribution in [0.1, 0.15) is 11.8 Å². The highest BCUT2D eigenvalue weighted by Gasteiger charge is 2.05. The molecule has 0 saturated carbocycles. The van der Waals surface area contributed by atoms with E-state index in [9.17, 15) is 0 Å². The average molecular weight is 227 g/mol. The molecule has 1 nitrogen and oxygen atoms in total. The zero-order chi connectivity index (χ0) is 10.1. The summed E-state index contributed by atoms with van der Waals surface area (Å²) in [6, 6.07) is 6.05. The maximum Gasteiger partial charge on any atom is 0.121 e. The van der Waals surface area contributed by atoms with Crippen LogP contribution in [0.4, 0.5) is 0 Å². The SMILES string of the molecule is CCOc1cc(Cl)c2sc(C)cc2c1. The number of hydrogen-bond donors (Lipinski definition) is 0. The molecule has 0 aliphatic heterocycles. The summed E-state index contributed by atoms with van der Waals surface area (Å²) in [4.78, 5) is 1.27. The van der Waals surface area contributed by atoms with Crippen molar-refractivity contribution in [2.75, 3.05) is 6.61 Å². The van der Waals surface area contributed by atoms with E-state index in [0.29, 0.717) is 6.61 Å². The fourth-order valence-electron chi connectivity index (χ4n) is 1.46. The van der Waals surface area contributed by atoms with Crippen molar-refractivity contribution in [1.82, 2.24) is 0 Å². The van der Waals surface area contributed by atoms with Gasteiger partial charge in [0.1, 0.15) is 5.75 Å². The van der Waals surface area contributed by atoms with Gasteiger partial charge in [-0.1, -0.05) is 11.6 Å². The van der Waals surface area contributed by atoms with Crippen molar-refractivity contribution in [3.63, 3.8) is 0 Å². The van der Waals surface area contributed by atoms with Gasteiger partial charge in [-0.25, -0.2) is 0 Å². The van der Waals surface area contributed by atoms with Gasteiger partial charge < -0.3 is 4.74 Å². The van der Waals surface area contributed by atoms with Crippen LogP contribution in [0.2, 0.25) is 5.02 Å². The zero-order valence-electron chi connectivity index (χ0n) is 8.13. The van der Waals surface area contributed by atoms with Gasteiger partial charge in [-0.3, -0.25) is 0 Å². The Bertz CT molecular complexity index is 462. The van der Waals surface area contributed by atoms with Gasteiger partial charge in [-0.15, -0.1) is 11.3 Å². The van der Waals surface area contributed by atoms with E-state index in [1.807, 2.05) is 19.1 Å². The Kier molecular flexibility index (Phi) is 2.66. The van der Waals surface area contributed by atoms with Gasteiger partial charge in [0.2, 0.25) is 0 Å². The number of halogens is 1. The van der Waals surface area contributed by atoms with E-state index in [-0.39, 0.29) is 0 Å². The van der Waals surface area contributed by atoms with Gasteiger partial charge in [-0.2, -0.15) is 0 Å². The lowest BCUT2D eigenvalue weighted by Gasteiger charge is -2.03. The Hall–Kier alpha value is -0.730. The van der Waals surface area contributed by atoms with Crippen LogP contribution in [0.5, 0.6) is 5.75 Å². The third-order valence-corrected chi connectivity index (χ3v) is 3.49. The maximum absolute atomic E-state index is 6.14. The molecule has 0 N–H and O–H groups in total. The molecular formula is C11H11ClOS. The van der Waals surface area contributed by atoms with Crippen molar-refractivity contribution < 1.29 is 4.74 Å². The van der Waals surface area contributed by atoms with E-state index < -0.39 is 0 Å². The number of benzene rings is 1. The molecule has 1 aromatic carbocycles. The molecule has 0 aliphatic carbocycles. The van der Waals surface area contributed by atoms with Crippen molar-refractivity contribution in [1.29, 1.82) is 0 Å². The van der Waals surface area contributed by atoms with Crippen LogP contribution in [-0.4, -0.2) is 6.61 Å². The van der Waals surface area contributed by atoms with Crippen LogP contribution in [0, 0.1) is 6.92 Å². The number of hydrogen-bond acceptors (Lipinski definition) is 2. The van der Waals surface area contributed by atoms with Crippen molar-refractivity contribution in [3.05, 3.63) is 28.1 Å². The van der Waals surface area contributed by atoms with E-state index in [2.05, 4.69) is 13.0 Å². The van der Waals surface area contributed by atoms with Crippen LogP contribution in [0.15, 0.2) is 18.2 Å². The summed E-state index contributed by atoms with van der Waals surface area (Å²) in [5, 5.41) is 1.95. The lowest BCUT2D eigenvalue weighted by Crippen LogP contribution is -1.90. The number of rotatable bonds is 2. The molecule has 0 saturated heterocycles. The van der Waals surface area contributed by atoms with Gasteiger partial charge in [0.15, 0.2) is 0 Å². The third kappa shape index (κ3) is 1.72. The molecule has 2 aromatic rings. The molecule has 3 heteroatoms. The standard InChI is InChI=1S/C11H11ClOS/c1-3-13-9-5-8-4-7(2)14-11(8)10(12)6-9/h4-6H,3H2,1-2H3. The molecule has 0 spiro atoms.